The Kier molecular flexibility index (Phi) is 3.89. The number of aromatic nitrogens is 2. The van der Waals surface area contributed by atoms with E-state index in [4.69, 9.17) is 17.3 Å². The van der Waals surface area contributed by atoms with Crippen LogP contribution in [0.3, 0.4) is 0 Å². The fraction of sp³-hybridized carbons (Fsp3) is 0.562. The lowest BCUT2D eigenvalue weighted by atomic mass is 9.94. The van der Waals surface area contributed by atoms with Gasteiger partial charge in [0, 0.05) is 23.9 Å². The summed E-state index contributed by atoms with van der Waals surface area (Å²) in [6, 6.07) is 0. The number of nitrogens with zero attached hydrogens (tertiary/aromatic N) is 3. The van der Waals surface area contributed by atoms with E-state index >= 15 is 0 Å². The number of halogens is 1. The summed E-state index contributed by atoms with van der Waals surface area (Å²) in [5, 5.41) is 1.50. The molecular formula is C16H19ClN4OS. The van der Waals surface area contributed by atoms with Crippen LogP contribution in [-0.4, -0.2) is 29.0 Å². The number of hydrogen-bond acceptors (Lipinski definition) is 5. The highest BCUT2D eigenvalue weighted by Crippen LogP contribution is 2.40. The molecule has 0 bridgehead atoms. The van der Waals surface area contributed by atoms with Crippen molar-refractivity contribution in [3.05, 3.63) is 15.7 Å². The fourth-order valence-corrected chi connectivity index (χ4v) is 5.19. The van der Waals surface area contributed by atoms with Crippen molar-refractivity contribution < 1.29 is 4.79 Å². The van der Waals surface area contributed by atoms with Gasteiger partial charge in [0.25, 0.3) is 0 Å². The summed E-state index contributed by atoms with van der Waals surface area (Å²) in [7, 11) is 0. The summed E-state index contributed by atoms with van der Waals surface area (Å²) in [5.74, 6) is 0.737. The van der Waals surface area contributed by atoms with Crippen LogP contribution in [0.4, 0.5) is 5.82 Å². The molecule has 1 fully saturated rings. The van der Waals surface area contributed by atoms with Gasteiger partial charge in [-0.25, -0.2) is 4.98 Å². The molecular weight excluding hydrogens is 332 g/mol. The summed E-state index contributed by atoms with van der Waals surface area (Å²) in [5.41, 5.74) is 6.85. The molecule has 2 aliphatic rings. The van der Waals surface area contributed by atoms with E-state index in [1.165, 1.54) is 28.7 Å². The second-order valence-electron chi connectivity index (χ2n) is 6.37. The monoisotopic (exact) mass is 350 g/mol. The third kappa shape index (κ3) is 2.68. The zero-order valence-electron chi connectivity index (χ0n) is 12.8. The van der Waals surface area contributed by atoms with Crippen molar-refractivity contribution in [3.8, 4) is 0 Å². The van der Waals surface area contributed by atoms with Gasteiger partial charge >= 0.3 is 0 Å². The Balaban J connectivity index is 1.74. The van der Waals surface area contributed by atoms with Crippen LogP contribution in [-0.2, 0) is 17.6 Å². The second kappa shape index (κ2) is 5.91. The summed E-state index contributed by atoms with van der Waals surface area (Å²) in [6.07, 6.45) is 6.28. The minimum Gasteiger partial charge on any atom is -0.369 e. The average molecular weight is 351 g/mol. The highest BCUT2D eigenvalue weighted by atomic mass is 35.5. The van der Waals surface area contributed by atoms with Crippen LogP contribution in [0, 0.1) is 5.92 Å². The molecule has 4 rings (SSSR count). The van der Waals surface area contributed by atoms with Crippen molar-refractivity contribution in [2.45, 2.75) is 38.5 Å². The van der Waals surface area contributed by atoms with Crippen LogP contribution in [0.5, 0.6) is 0 Å². The molecule has 1 amide bonds. The highest BCUT2D eigenvalue weighted by Gasteiger charge is 2.28. The number of carbonyl (C=O) groups is 1. The smallest absolute Gasteiger partial charge is 0.225 e. The van der Waals surface area contributed by atoms with Crippen molar-refractivity contribution in [2.75, 3.05) is 18.0 Å². The molecule has 3 heterocycles. The number of nitrogens with two attached hydrogens (primary N) is 1. The first-order valence-electron chi connectivity index (χ1n) is 8.15. The fourth-order valence-electron chi connectivity index (χ4n) is 3.72. The van der Waals surface area contributed by atoms with E-state index in [1.54, 1.807) is 11.3 Å². The van der Waals surface area contributed by atoms with Gasteiger partial charge in [-0.15, -0.1) is 11.3 Å². The molecule has 0 atom stereocenters. The van der Waals surface area contributed by atoms with Crippen LogP contribution < -0.4 is 10.6 Å². The van der Waals surface area contributed by atoms with Gasteiger partial charge in [-0.2, -0.15) is 4.98 Å². The maximum absolute atomic E-state index is 11.4. The Morgan fingerprint density at radius 3 is 2.70 bits per heavy atom. The molecule has 2 aromatic rings. The summed E-state index contributed by atoms with van der Waals surface area (Å²) in [6.45, 7) is 1.58. The van der Waals surface area contributed by atoms with E-state index in [0.29, 0.717) is 5.28 Å². The standard InChI is InChI=1S/C16H19ClN4OS/c17-16-19-14(21-7-5-9(6-8-21)13(18)22)12-10-3-1-2-4-11(10)23-15(12)20-16/h9H,1-8H2,(H2,18,22). The van der Waals surface area contributed by atoms with E-state index in [0.717, 1.165) is 49.4 Å². The zero-order chi connectivity index (χ0) is 16.0. The Labute approximate surface area is 143 Å². The predicted molar refractivity (Wildman–Crippen MR) is 93.2 cm³/mol. The molecule has 122 valence electrons. The maximum Gasteiger partial charge on any atom is 0.225 e. The molecule has 1 aliphatic carbocycles. The molecule has 1 saturated heterocycles. The van der Waals surface area contributed by atoms with Gasteiger partial charge < -0.3 is 10.6 Å². The molecule has 0 radical (unpaired) electrons. The summed E-state index contributed by atoms with van der Waals surface area (Å²) in [4.78, 5) is 25.1. The Morgan fingerprint density at radius 2 is 1.96 bits per heavy atom. The van der Waals surface area contributed by atoms with Crippen LogP contribution in [0.15, 0.2) is 0 Å². The molecule has 23 heavy (non-hydrogen) atoms. The zero-order valence-corrected chi connectivity index (χ0v) is 14.4. The van der Waals surface area contributed by atoms with Crippen molar-refractivity contribution in [2.24, 2.45) is 11.7 Å². The SMILES string of the molecule is NC(=O)C1CCN(c2nc(Cl)nc3sc4c(c23)CCCC4)CC1. The average Bonchev–Trinajstić information content (AvgIpc) is 2.92. The molecule has 2 N–H and O–H groups in total. The Morgan fingerprint density at radius 1 is 1.22 bits per heavy atom. The third-order valence-corrected chi connectivity index (χ3v) is 6.32. The number of aryl methyl sites for hydroxylation is 2. The van der Waals surface area contributed by atoms with Gasteiger partial charge in [0.1, 0.15) is 10.6 Å². The Bertz CT molecular complexity index is 767. The number of fused-ring (bicyclic) bond motifs is 3. The maximum atomic E-state index is 11.4. The lowest BCUT2D eigenvalue weighted by Gasteiger charge is -2.32. The summed E-state index contributed by atoms with van der Waals surface area (Å²) < 4.78 is 0. The lowest BCUT2D eigenvalue weighted by Crippen LogP contribution is -2.39. The van der Waals surface area contributed by atoms with Crippen molar-refractivity contribution >= 4 is 44.9 Å². The number of piperidine rings is 1. The number of amides is 1. The number of rotatable bonds is 2. The van der Waals surface area contributed by atoms with Crippen LogP contribution in [0.25, 0.3) is 10.2 Å². The number of anilines is 1. The molecule has 0 unspecified atom stereocenters. The first-order valence-corrected chi connectivity index (χ1v) is 9.35. The van der Waals surface area contributed by atoms with Crippen LogP contribution in [0.2, 0.25) is 5.28 Å². The predicted octanol–water partition coefficient (Wildman–Crippen LogP) is 2.93. The molecule has 0 saturated carbocycles. The molecule has 5 nitrogen and oxygen atoms in total. The first-order chi connectivity index (χ1) is 11.1. The van der Waals surface area contributed by atoms with Crippen molar-refractivity contribution in [3.63, 3.8) is 0 Å². The van der Waals surface area contributed by atoms with Gasteiger partial charge in [0.2, 0.25) is 11.2 Å². The molecule has 0 aromatic carbocycles. The van der Waals surface area contributed by atoms with Crippen molar-refractivity contribution in [1.82, 2.24) is 9.97 Å². The minimum atomic E-state index is -0.191. The van der Waals surface area contributed by atoms with E-state index < -0.39 is 0 Å². The van der Waals surface area contributed by atoms with E-state index in [9.17, 15) is 4.79 Å². The van der Waals surface area contributed by atoms with Gasteiger partial charge in [-0.05, 0) is 55.7 Å². The normalized spacial score (nSPS) is 19.1. The molecule has 7 heteroatoms. The van der Waals surface area contributed by atoms with Gasteiger partial charge in [0.05, 0.1) is 5.39 Å². The van der Waals surface area contributed by atoms with Crippen molar-refractivity contribution in [1.29, 1.82) is 0 Å². The minimum absolute atomic E-state index is 0.0181. The number of hydrogen-bond donors (Lipinski definition) is 1. The third-order valence-electron chi connectivity index (χ3n) is 4.97. The van der Waals surface area contributed by atoms with E-state index in [1.807, 2.05) is 0 Å². The van der Waals surface area contributed by atoms with E-state index in [2.05, 4.69) is 14.9 Å². The summed E-state index contributed by atoms with van der Waals surface area (Å²) >= 11 is 7.93. The number of primary amides is 1. The highest BCUT2D eigenvalue weighted by molar-refractivity contribution is 7.19. The largest absolute Gasteiger partial charge is 0.369 e. The quantitative estimate of drug-likeness (QED) is 0.845. The van der Waals surface area contributed by atoms with Gasteiger partial charge in [-0.3, -0.25) is 4.79 Å². The first kappa shape index (κ1) is 15.1. The lowest BCUT2D eigenvalue weighted by molar-refractivity contribution is -0.122. The van der Waals surface area contributed by atoms with Crippen LogP contribution in [0.1, 0.15) is 36.1 Å². The number of carbonyl (C=O) groups excluding carboxylic acids is 1. The number of thiophene rings is 1. The van der Waals surface area contributed by atoms with Crippen LogP contribution >= 0.6 is 22.9 Å². The topological polar surface area (TPSA) is 72.1 Å². The van der Waals surface area contributed by atoms with Gasteiger partial charge in [0.15, 0.2) is 0 Å². The molecule has 1 aliphatic heterocycles. The molecule has 0 spiro atoms. The Hall–Kier alpha value is -1.40. The van der Waals surface area contributed by atoms with E-state index in [-0.39, 0.29) is 11.8 Å². The molecule has 2 aromatic heterocycles. The van der Waals surface area contributed by atoms with Gasteiger partial charge in [-0.1, -0.05) is 0 Å². The second-order valence-corrected chi connectivity index (χ2v) is 7.79.